The first-order valence-electron chi connectivity index (χ1n) is 4.73. The molecule has 3 heteroatoms. The number of carbonyl (C=O) groups is 1. The number of ketones is 1. The second-order valence-electron chi connectivity index (χ2n) is 3.45. The Balaban J connectivity index is 2.32. The lowest BCUT2D eigenvalue weighted by molar-refractivity contribution is 0.1000. The van der Waals surface area contributed by atoms with E-state index in [1.54, 1.807) is 0 Å². The van der Waals surface area contributed by atoms with Crippen LogP contribution in [0.25, 0.3) is 0 Å². The second-order valence-corrected chi connectivity index (χ2v) is 4.52. The van der Waals surface area contributed by atoms with Crippen LogP contribution in [0, 0.1) is 0 Å². The number of thioether (sulfide) groups is 1. The molecule has 0 saturated carbocycles. The molecule has 0 unspecified atom stereocenters. The van der Waals surface area contributed by atoms with E-state index in [2.05, 4.69) is 0 Å². The van der Waals surface area contributed by atoms with Crippen LogP contribution in [0.3, 0.4) is 0 Å². The molecule has 0 aromatic heterocycles. The van der Waals surface area contributed by atoms with Crippen molar-refractivity contribution in [3.8, 4) is 0 Å². The van der Waals surface area contributed by atoms with E-state index in [4.69, 9.17) is 5.73 Å². The van der Waals surface area contributed by atoms with Crippen LogP contribution in [-0.4, -0.2) is 23.8 Å². The molecule has 0 radical (unpaired) electrons. The Morgan fingerprint density at radius 1 is 1.43 bits per heavy atom. The van der Waals surface area contributed by atoms with Crippen molar-refractivity contribution < 1.29 is 4.79 Å². The van der Waals surface area contributed by atoms with Crippen LogP contribution in [0.15, 0.2) is 24.3 Å². The highest BCUT2D eigenvalue weighted by Crippen LogP contribution is 2.35. The average molecular weight is 207 g/mol. The number of hydrogen-bond donors (Lipinski definition) is 1. The van der Waals surface area contributed by atoms with Crippen molar-refractivity contribution in [3.63, 3.8) is 0 Å². The van der Waals surface area contributed by atoms with Crippen molar-refractivity contribution in [2.75, 3.05) is 18.1 Å². The molecule has 0 atom stereocenters. The lowest BCUT2D eigenvalue weighted by Crippen LogP contribution is -2.21. The molecule has 1 aromatic carbocycles. The fraction of sp³-hybridized carbons (Fsp3) is 0.364. The molecule has 2 nitrogen and oxygen atoms in total. The lowest BCUT2D eigenvalue weighted by atomic mass is 9.94. The number of nitrogens with two attached hydrogens (primary N) is 1. The highest BCUT2D eigenvalue weighted by Gasteiger charge is 2.23. The van der Waals surface area contributed by atoms with E-state index >= 15 is 0 Å². The zero-order chi connectivity index (χ0) is 9.97. The third kappa shape index (κ3) is 1.70. The molecule has 1 heterocycles. The zero-order valence-electron chi connectivity index (χ0n) is 7.90. The normalized spacial score (nSPS) is 16.4. The Hall–Kier alpha value is -0.800. The van der Waals surface area contributed by atoms with Gasteiger partial charge >= 0.3 is 0 Å². The van der Waals surface area contributed by atoms with Gasteiger partial charge in [-0.2, -0.15) is 11.8 Å². The number of rotatable bonds is 3. The maximum atomic E-state index is 11.5. The summed E-state index contributed by atoms with van der Waals surface area (Å²) in [6.45, 7) is 0.108. The predicted octanol–water partition coefficient (Wildman–Crippen LogP) is 1.66. The Morgan fingerprint density at radius 2 is 2.14 bits per heavy atom. The van der Waals surface area contributed by atoms with Gasteiger partial charge in [-0.05, 0) is 5.56 Å². The molecule has 0 aliphatic carbocycles. The maximum Gasteiger partial charge on any atom is 0.176 e. The van der Waals surface area contributed by atoms with E-state index in [1.165, 1.54) is 5.56 Å². The van der Waals surface area contributed by atoms with Gasteiger partial charge in [0, 0.05) is 23.0 Å². The second kappa shape index (κ2) is 4.15. The van der Waals surface area contributed by atoms with Crippen LogP contribution >= 0.6 is 11.8 Å². The summed E-state index contributed by atoms with van der Waals surface area (Å²) in [5.41, 5.74) is 7.38. The molecule has 1 aromatic rings. The zero-order valence-corrected chi connectivity index (χ0v) is 8.72. The van der Waals surface area contributed by atoms with E-state index in [0.717, 1.165) is 17.1 Å². The molecule has 2 rings (SSSR count). The largest absolute Gasteiger partial charge is 0.324 e. The van der Waals surface area contributed by atoms with Gasteiger partial charge in [0.15, 0.2) is 5.78 Å². The van der Waals surface area contributed by atoms with Crippen LogP contribution in [0.5, 0.6) is 0 Å². The summed E-state index contributed by atoms with van der Waals surface area (Å²) in [6, 6.07) is 7.82. The van der Waals surface area contributed by atoms with Crippen LogP contribution in [0.2, 0.25) is 0 Å². The summed E-state index contributed by atoms with van der Waals surface area (Å²) in [4.78, 5) is 11.5. The monoisotopic (exact) mass is 207 g/mol. The first-order valence-corrected chi connectivity index (χ1v) is 5.88. The molecule has 0 spiro atoms. The van der Waals surface area contributed by atoms with Crippen molar-refractivity contribution in [2.24, 2.45) is 5.73 Å². The Kier molecular flexibility index (Phi) is 2.89. The summed E-state index contributed by atoms with van der Waals surface area (Å²) in [5, 5.41) is 0. The van der Waals surface area contributed by atoms with Crippen molar-refractivity contribution in [3.05, 3.63) is 35.4 Å². The molecule has 0 amide bonds. The van der Waals surface area contributed by atoms with Gasteiger partial charge < -0.3 is 5.73 Å². The summed E-state index contributed by atoms with van der Waals surface area (Å²) < 4.78 is 0. The standard InChI is InChI=1S/C11H13NOS/c12-5-11(13)10-4-2-1-3-9(10)8-6-14-7-8/h1-4,8H,5-7,12H2. The molecule has 74 valence electrons. The van der Waals surface area contributed by atoms with E-state index in [-0.39, 0.29) is 12.3 Å². The minimum absolute atomic E-state index is 0.0532. The Morgan fingerprint density at radius 3 is 2.71 bits per heavy atom. The third-order valence-electron chi connectivity index (χ3n) is 2.52. The van der Waals surface area contributed by atoms with E-state index in [0.29, 0.717) is 5.92 Å². The lowest BCUT2D eigenvalue weighted by Gasteiger charge is -2.26. The topological polar surface area (TPSA) is 43.1 Å². The first kappa shape index (κ1) is 9.74. The molecule has 2 N–H and O–H groups in total. The molecule has 1 aliphatic rings. The van der Waals surface area contributed by atoms with Gasteiger partial charge in [-0.3, -0.25) is 4.79 Å². The van der Waals surface area contributed by atoms with Crippen molar-refractivity contribution in [2.45, 2.75) is 5.92 Å². The summed E-state index contributed by atoms with van der Waals surface area (Å²) in [7, 11) is 0. The number of Topliss-reactive ketones (excluding diaryl/α,β-unsaturated/α-hetero) is 1. The number of carbonyl (C=O) groups excluding carboxylic acids is 1. The predicted molar refractivity (Wildman–Crippen MR) is 59.9 cm³/mol. The number of benzene rings is 1. The third-order valence-corrected chi connectivity index (χ3v) is 3.80. The quantitative estimate of drug-likeness (QED) is 0.766. The average Bonchev–Trinajstić information content (AvgIpc) is 2.15. The van der Waals surface area contributed by atoms with Gasteiger partial charge in [0.2, 0.25) is 0 Å². The van der Waals surface area contributed by atoms with Crippen molar-refractivity contribution in [1.82, 2.24) is 0 Å². The van der Waals surface area contributed by atoms with Crippen molar-refractivity contribution >= 4 is 17.5 Å². The minimum atomic E-state index is 0.0532. The number of hydrogen-bond acceptors (Lipinski definition) is 3. The van der Waals surface area contributed by atoms with Gasteiger partial charge in [0.05, 0.1) is 6.54 Å². The molecule has 1 aliphatic heterocycles. The van der Waals surface area contributed by atoms with Gasteiger partial charge in [-0.25, -0.2) is 0 Å². The van der Waals surface area contributed by atoms with E-state index < -0.39 is 0 Å². The van der Waals surface area contributed by atoms with Crippen LogP contribution < -0.4 is 5.73 Å². The summed E-state index contributed by atoms with van der Waals surface area (Å²) in [6.07, 6.45) is 0. The molecule has 0 bridgehead atoms. The van der Waals surface area contributed by atoms with Crippen molar-refractivity contribution in [1.29, 1.82) is 0 Å². The fourth-order valence-electron chi connectivity index (χ4n) is 1.63. The molecule has 1 fully saturated rings. The van der Waals surface area contributed by atoms with Gasteiger partial charge in [0.25, 0.3) is 0 Å². The van der Waals surface area contributed by atoms with Gasteiger partial charge in [-0.15, -0.1) is 0 Å². The van der Waals surface area contributed by atoms with Crippen LogP contribution in [0.1, 0.15) is 21.8 Å². The highest BCUT2D eigenvalue weighted by atomic mass is 32.2. The van der Waals surface area contributed by atoms with Crippen LogP contribution in [0.4, 0.5) is 0 Å². The molecular weight excluding hydrogens is 194 g/mol. The van der Waals surface area contributed by atoms with Gasteiger partial charge in [-0.1, -0.05) is 24.3 Å². The fourth-order valence-corrected chi connectivity index (χ4v) is 2.46. The highest BCUT2D eigenvalue weighted by molar-refractivity contribution is 8.00. The summed E-state index contributed by atoms with van der Waals surface area (Å²) in [5.74, 6) is 2.88. The smallest absolute Gasteiger partial charge is 0.176 e. The molecular formula is C11H13NOS. The Labute approximate surface area is 87.9 Å². The van der Waals surface area contributed by atoms with E-state index in [9.17, 15) is 4.79 Å². The Bertz CT molecular complexity index is 347. The SMILES string of the molecule is NCC(=O)c1ccccc1C1CSC1. The maximum absolute atomic E-state index is 11.5. The molecule has 1 saturated heterocycles. The van der Waals surface area contributed by atoms with Gasteiger partial charge in [0.1, 0.15) is 0 Å². The molecule has 14 heavy (non-hydrogen) atoms. The van der Waals surface area contributed by atoms with Crippen LogP contribution in [-0.2, 0) is 0 Å². The first-order chi connectivity index (χ1) is 6.83. The summed E-state index contributed by atoms with van der Waals surface area (Å²) >= 11 is 1.93. The van der Waals surface area contributed by atoms with E-state index in [1.807, 2.05) is 36.0 Å². The minimum Gasteiger partial charge on any atom is -0.324 e.